The SMILES string of the molecule is Cc1nc(N2CC3CC2CN3C2COC2)cc(-n2ncc3cc(C)c(C4CCC(C)(O)CC4)cc32)n1. The molecule has 0 amide bonds. The van der Waals surface area contributed by atoms with Gasteiger partial charge < -0.3 is 14.7 Å². The molecule has 0 spiro atoms. The minimum Gasteiger partial charge on any atom is -0.390 e. The molecule has 7 rings (SSSR count). The van der Waals surface area contributed by atoms with E-state index in [1.165, 1.54) is 17.5 Å². The molecule has 3 aliphatic heterocycles. The monoisotopic (exact) mass is 488 g/mol. The maximum Gasteiger partial charge on any atom is 0.159 e. The smallest absolute Gasteiger partial charge is 0.159 e. The van der Waals surface area contributed by atoms with Crippen LogP contribution >= 0.6 is 0 Å². The molecule has 0 radical (unpaired) electrons. The van der Waals surface area contributed by atoms with Crippen LogP contribution in [0.5, 0.6) is 0 Å². The number of benzene rings is 1. The van der Waals surface area contributed by atoms with E-state index in [0.717, 1.165) is 80.3 Å². The van der Waals surface area contributed by atoms with Crippen molar-refractivity contribution in [3.63, 3.8) is 0 Å². The highest BCUT2D eigenvalue weighted by molar-refractivity contribution is 5.82. The molecule has 2 aromatic heterocycles. The molecule has 1 aromatic carbocycles. The number of aliphatic hydroxyl groups is 1. The van der Waals surface area contributed by atoms with E-state index < -0.39 is 5.60 Å². The molecule has 8 nitrogen and oxygen atoms in total. The van der Waals surface area contributed by atoms with Crippen LogP contribution in [0.3, 0.4) is 0 Å². The molecule has 8 heteroatoms. The molecule has 4 fully saturated rings. The molecule has 1 N–H and O–H groups in total. The molecule has 36 heavy (non-hydrogen) atoms. The lowest BCUT2D eigenvalue weighted by molar-refractivity contribution is -0.0708. The van der Waals surface area contributed by atoms with E-state index in [1.54, 1.807) is 0 Å². The Morgan fingerprint density at radius 3 is 2.44 bits per heavy atom. The van der Waals surface area contributed by atoms with Gasteiger partial charge in [-0.05, 0) is 82.1 Å². The molecule has 3 aromatic rings. The van der Waals surface area contributed by atoms with Crippen molar-refractivity contribution in [1.29, 1.82) is 0 Å². The van der Waals surface area contributed by atoms with Gasteiger partial charge in [-0.15, -0.1) is 0 Å². The topological polar surface area (TPSA) is 79.5 Å². The normalized spacial score (nSPS) is 30.9. The Balaban J connectivity index is 1.20. The zero-order valence-electron chi connectivity index (χ0n) is 21.5. The van der Waals surface area contributed by atoms with Crippen LogP contribution in [0, 0.1) is 13.8 Å². The number of fused-ring (bicyclic) bond motifs is 3. The Morgan fingerprint density at radius 2 is 1.75 bits per heavy atom. The van der Waals surface area contributed by atoms with Crippen molar-refractivity contribution in [2.75, 3.05) is 31.2 Å². The van der Waals surface area contributed by atoms with Gasteiger partial charge in [0.25, 0.3) is 0 Å². The first-order valence-corrected chi connectivity index (χ1v) is 13.5. The number of nitrogens with zero attached hydrogens (tertiary/aromatic N) is 6. The predicted octanol–water partition coefficient (Wildman–Crippen LogP) is 3.50. The third-order valence-electron chi connectivity index (χ3n) is 9.15. The molecule has 1 aliphatic carbocycles. The molecule has 2 atom stereocenters. The average molecular weight is 489 g/mol. The fraction of sp³-hybridized carbons (Fsp3) is 0.607. The van der Waals surface area contributed by atoms with Gasteiger partial charge in [-0.3, -0.25) is 4.90 Å². The lowest BCUT2D eigenvalue weighted by atomic mass is 9.76. The molecule has 2 bridgehead atoms. The van der Waals surface area contributed by atoms with Crippen molar-refractivity contribution in [2.45, 2.75) is 82.5 Å². The van der Waals surface area contributed by atoms with E-state index in [1.807, 2.05) is 24.7 Å². The summed E-state index contributed by atoms with van der Waals surface area (Å²) in [5, 5.41) is 16.3. The van der Waals surface area contributed by atoms with E-state index in [9.17, 15) is 5.11 Å². The highest BCUT2D eigenvalue weighted by Crippen LogP contribution is 2.40. The lowest BCUT2D eigenvalue weighted by Crippen LogP contribution is -2.57. The van der Waals surface area contributed by atoms with Gasteiger partial charge in [-0.2, -0.15) is 5.10 Å². The summed E-state index contributed by atoms with van der Waals surface area (Å²) in [6.45, 7) is 10.0. The van der Waals surface area contributed by atoms with Crippen molar-refractivity contribution in [3.8, 4) is 5.82 Å². The van der Waals surface area contributed by atoms with E-state index in [-0.39, 0.29) is 0 Å². The quantitative estimate of drug-likeness (QED) is 0.602. The molecule has 1 saturated carbocycles. The Bertz CT molecular complexity index is 1300. The van der Waals surface area contributed by atoms with Gasteiger partial charge in [-0.1, -0.05) is 0 Å². The molecular weight excluding hydrogens is 452 g/mol. The number of anilines is 1. The van der Waals surface area contributed by atoms with Crippen LogP contribution in [-0.2, 0) is 4.74 Å². The number of aromatic nitrogens is 4. The van der Waals surface area contributed by atoms with Crippen LogP contribution in [0.15, 0.2) is 24.4 Å². The maximum atomic E-state index is 10.4. The predicted molar refractivity (Wildman–Crippen MR) is 139 cm³/mol. The summed E-state index contributed by atoms with van der Waals surface area (Å²) in [6, 6.07) is 8.39. The second-order valence-electron chi connectivity index (χ2n) is 11.8. The maximum absolute atomic E-state index is 10.4. The highest BCUT2D eigenvalue weighted by atomic mass is 16.5. The fourth-order valence-corrected chi connectivity index (χ4v) is 7.01. The van der Waals surface area contributed by atoms with Gasteiger partial charge in [0.05, 0.1) is 36.6 Å². The van der Waals surface area contributed by atoms with Gasteiger partial charge in [0.15, 0.2) is 5.82 Å². The molecular formula is C28H36N6O2. The van der Waals surface area contributed by atoms with Crippen molar-refractivity contribution >= 4 is 16.7 Å². The summed E-state index contributed by atoms with van der Waals surface area (Å²) in [7, 11) is 0. The van der Waals surface area contributed by atoms with E-state index in [4.69, 9.17) is 19.8 Å². The molecule has 2 unspecified atom stereocenters. The van der Waals surface area contributed by atoms with Gasteiger partial charge in [0.2, 0.25) is 0 Å². The average Bonchev–Trinajstić information content (AvgIpc) is 3.51. The van der Waals surface area contributed by atoms with Crippen molar-refractivity contribution < 1.29 is 9.84 Å². The summed E-state index contributed by atoms with van der Waals surface area (Å²) in [4.78, 5) is 14.8. The Kier molecular flexibility index (Phi) is 5.17. The number of hydrogen-bond donors (Lipinski definition) is 1. The number of likely N-dealkylation sites (tertiary alicyclic amines) is 1. The largest absolute Gasteiger partial charge is 0.390 e. The van der Waals surface area contributed by atoms with Crippen molar-refractivity contribution in [2.24, 2.45) is 0 Å². The third kappa shape index (κ3) is 3.73. The lowest BCUT2D eigenvalue weighted by Gasteiger charge is -2.42. The standard InChI is InChI=1S/C28H36N6O2/c1-17-8-20-12-29-34(25(20)10-24(17)19-4-6-28(3,35)7-5-19)27-11-26(30-18(2)31-27)33-14-21-9-22(33)13-32(21)23-15-36-16-23/h8,10-12,19,21-23,35H,4-7,9,13-16H2,1-3H3. The number of rotatable bonds is 4. The molecule has 3 saturated heterocycles. The Hall–Kier alpha value is -2.55. The van der Waals surface area contributed by atoms with E-state index in [0.29, 0.717) is 24.0 Å². The second kappa shape index (κ2) is 8.23. The summed E-state index contributed by atoms with van der Waals surface area (Å²) in [6.07, 6.45) is 6.90. The van der Waals surface area contributed by atoms with E-state index >= 15 is 0 Å². The number of aryl methyl sites for hydroxylation is 2. The summed E-state index contributed by atoms with van der Waals surface area (Å²) >= 11 is 0. The van der Waals surface area contributed by atoms with E-state index in [2.05, 4.69) is 34.9 Å². The minimum absolute atomic E-state index is 0.477. The Labute approximate surface area is 212 Å². The third-order valence-corrected chi connectivity index (χ3v) is 9.15. The first kappa shape index (κ1) is 22.6. The van der Waals surface area contributed by atoms with Crippen LogP contribution in [0.4, 0.5) is 5.82 Å². The van der Waals surface area contributed by atoms with Gasteiger partial charge in [0.1, 0.15) is 11.6 Å². The molecule has 5 heterocycles. The zero-order chi connectivity index (χ0) is 24.6. The Morgan fingerprint density at radius 1 is 0.972 bits per heavy atom. The minimum atomic E-state index is -0.525. The first-order chi connectivity index (χ1) is 17.3. The molecule has 4 aliphatic rings. The van der Waals surface area contributed by atoms with Crippen LogP contribution in [-0.4, -0.2) is 79.8 Å². The van der Waals surface area contributed by atoms with Crippen molar-refractivity contribution in [1.82, 2.24) is 24.6 Å². The highest BCUT2D eigenvalue weighted by Gasteiger charge is 2.47. The van der Waals surface area contributed by atoms with Gasteiger partial charge in [-0.25, -0.2) is 14.6 Å². The molecule has 190 valence electrons. The number of ether oxygens (including phenoxy) is 1. The first-order valence-electron chi connectivity index (χ1n) is 13.5. The summed E-state index contributed by atoms with van der Waals surface area (Å²) in [5.41, 5.74) is 3.25. The zero-order valence-corrected chi connectivity index (χ0v) is 21.5. The number of piperazine rings is 1. The summed E-state index contributed by atoms with van der Waals surface area (Å²) in [5.74, 6) is 3.10. The summed E-state index contributed by atoms with van der Waals surface area (Å²) < 4.78 is 7.43. The van der Waals surface area contributed by atoms with Crippen LogP contribution in [0.1, 0.15) is 61.9 Å². The van der Waals surface area contributed by atoms with Gasteiger partial charge >= 0.3 is 0 Å². The van der Waals surface area contributed by atoms with Crippen molar-refractivity contribution in [3.05, 3.63) is 41.3 Å². The van der Waals surface area contributed by atoms with Crippen LogP contribution < -0.4 is 4.90 Å². The van der Waals surface area contributed by atoms with Crippen LogP contribution in [0.25, 0.3) is 16.7 Å². The van der Waals surface area contributed by atoms with Crippen LogP contribution in [0.2, 0.25) is 0 Å². The number of hydrogen-bond acceptors (Lipinski definition) is 7. The second-order valence-corrected chi connectivity index (χ2v) is 11.8. The van der Waals surface area contributed by atoms with Gasteiger partial charge in [0, 0.05) is 36.6 Å². The fourth-order valence-electron chi connectivity index (χ4n) is 7.01.